The van der Waals surface area contributed by atoms with Crippen molar-refractivity contribution in [2.75, 3.05) is 6.54 Å². The van der Waals surface area contributed by atoms with Crippen molar-refractivity contribution in [3.8, 4) is 5.75 Å². The van der Waals surface area contributed by atoms with Gasteiger partial charge in [0.2, 0.25) is 0 Å². The maximum atomic E-state index is 5.90. The molecule has 0 saturated carbocycles. The summed E-state index contributed by atoms with van der Waals surface area (Å²) >= 11 is 3.63. The number of benzene rings is 2. The zero-order valence-corrected chi connectivity index (χ0v) is 13.6. The van der Waals surface area contributed by atoms with E-state index in [0.717, 1.165) is 16.8 Å². The molecule has 1 heterocycles. The van der Waals surface area contributed by atoms with Crippen molar-refractivity contribution in [1.29, 1.82) is 0 Å². The molecule has 21 heavy (non-hydrogen) atoms. The third-order valence-electron chi connectivity index (χ3n) is 3.91. The topological polar surface area (TPSA) is 21.3 Å². The van der Waals surface area contributed by atoms with Crippen LogP contribution in [0.5, 0.6) is 5.75 Å². The minimum absolute atomic E-state index is 0.484. The van der Waals surface area contributed by atoms with Crippen LogP contribution in [-0.4, -0.2) is 6.54 Å². The molecule has 0 radical (unpaired) electrons. The van der Waals surface area contributed by atoms with Crippen LogP contribution in [0.3, 0.4) is 0 Å². The third-order valence-corrected chi connectivity index (χ3v) is 4.53. The smallest absolute Gasteiger partial charge is 0.134 e. The van der Waals surface area contributed by atoms with E-state index in [-0.39, 0.29) is 0 Å². The molecular weight excluding hydrogens is 326 g/mol. The van der Waals surface area contributed by atoms with Crippen molar-refractivity contribution in [2.45, 2.75) is 31.9 Å². The maximum Gasteiger partial charge on any atom is 0.134 e. The van der Waals surface area contributed by atoms with Crippen LogP contribution in [0.25, 0.3) is 0 Å². The van der Waals surface area contributed by atoms with Crippen LogP contribution in [0.4, 0.5) is 0 Å². The van der Waals surface area contributed by atoms with Gasteiger partial charge in [-0.25, -0.2) is 0 Å². The number of nitrogens with one attached hydrogen (secondary N) is 1. The van der Waals surface area contributed by atoms with E-state index in [2.05, 4.69) is 51.6 Å². The van der Waals surface area contributed by atoms with Gasteiger partial charge in [-0.3, -0.25) is 0 Å². The lowest BCUT2D eigenvalue weighted by Crippen LogP contribution is -2.26. The van der Waals surface area contributed by atoms with Gasteiger partial charge >= 0.3 is 0 Å². The number of rotatable bonds is 4. The van der Waals surface area contributed by atoms with Gasteiger partial charge in [-0.2, -0.15) is 0 Å². The van der Waals surface area contributed by atoms with Gasteiger partial charge in [-0.15, -0.1) is 0 Å². The second kappa shape index (κ2) is 7.10. The molecule has 110 valence electrons. The molecule has 0 amide bonds. The molecule has 0 aliphatic carbocycles. The zero-order valence-electron chi connectivity index (χ0n) is 12.0. The van der Waals surface area contributed by atoms with Gasteiger partial charge in [0.15, 0.2) is 0 Å². The standard InChI is InChI=1S/C18H20BrNO/c19-16-12-15(17-8-4-5-11-20-17)9-10-18(16)21-13-14-6-2-1-3-7-14/h1-3,6-7,9-10,12,17,20H,4-5,8,11,13H2. The number of ether oxygens (including phenoxy) is 1. The first kappa shape index (κ1) is 14.6. The molecule has 3 heteroatoms. The number of piperidine rings is 1. The van der Waals surface area contributed by atoms with Gasteiger partial charge in [0.05, 0.1) is 4.47 Å². The van der Waals surface area contributed by atoms with Crippen molar-refractivity contribution in [1.82, 2.24) is 5.32 Å². The second-order valence-electron chi connectivity index (χ2n) is 5.47. The molecule has 1 fully saturated rings. The first-order chi connectivity index (χ1) is 10.3. The Balaban J connectivity index is 1.66. The average molecular weight is 346 g/mol. The van der Waals surface area contributed by atoms with Crippen LogP contribution in [0.15, 0.2) is 53.0 Å². The van der Waals surface area contributed by atoms with Crippen molar-refractivity contribution < 1.29 is 4.74 Å². The average Bonchev–Trinajstić information content (AvgIpc) is 2.55. The van der Waals surface area contributed by atoms with E-state index in [0.29, 0.717) is 12.6 Å². The Labute approximate surface area is 134 Å². The van der Waals surface area contributed by atoms with E-state index in [1.807, 2.05) is 18.2 Å². The quantitative estimate of drug-likeness (QED) is 0.855. The van der Waals surface area contributed by atoms with Crippen LogP contribution < -0.4 is 10.1 Å². The summed E-state index contributed by atoms with van der Waals surface area (Å²) < 4.78 is 6.93. The van der Waals surface area contributed by atoms with E-state index in [1.54, 1.807) is 0 Å². The third kappa shape index (κ3) is 3.86. The lowest BCUT2D eigenvalue weighted by atomic mass is 9.97. The highest BCUT2D eigenvalue weighted by Crippen LogP contribution is 2.31. The second-order valence-corrected chi connectivity index (χ2v) is 6.32. The number of hydrogen-bond acceptors (Lipinski definition) is 2. The van der Waals surface area contributed by atoms with Gasteiger partial charge in [-0.1, -0.05) is 42.8 Å². The molecule has 2 aromatic carbocycles. The Morgan fingerprint density at radius 3 is 2.67 bits per heavy atom. The van der Waals surface area contributed by atoms with E-state index in [4.69, 9.17) is 4.74 Å². The fourth-order valence-corrected chi connectivity index (χ4v) is 3.23. The number of halogens is 1. The van der Waals surface area contributed by atoms with E-state index in [1.165, 1.54) is 30.4 Å². The molecule has 2 nitrogen and oxygen atoms in total. The van der Waals surface area contributed by atoms with Crippen LogP contribution in [0.1, 0.15) is 36.4 Å². The summed E-state index contributed by atoms with van der Waals surface area (Å²) in [4.78, 5) is 0. The maximum absolute atomic E-state index is 5.90. The summed E-state index contributed by atoms with van der Waals surface area (Å²) in [5, 5.41) is 3.58. The summed E-state index contributed by atoms with van der Waals surface area (Å²) in [5.41, 5.74) is 2.52. The van der Waals surface area contributed by atoms with E-state index < -0.39 is 0 Å². The first-order valence-electron chi connectivity index (χ1n) is 7.52. The molecule has 0 spiro atoms. The van der Waals surface area contributed by atoms with E-state index in [9.17, 15) is 0 Å². The summed E-state index contributed by atoms with van der Waals surface area (Å²) in [7, 11) is 0. The molecule has 1 N–H and O–H groups in total. The Kier molecular flexibility index (Phi) is 4.94. The monoisotopic (exact) mass is 345 g/mol. The summed E-state index contributed by atoms with van der Waals surface area (Å²) in [5.74, 6) is 0.901. The Morgan fingerprint density at radius 1 is 1.10 bits per heavy atom. The summed E-state index contributed by atoms with van der Waals surface area (Å²) in [6, 6.07) is 17.2. The Morgan fingerprint density at radius 2 is 1.95 bits per heavy atom. The molecule has 1 aliphatic heterocycles. The van der Waals surface area contributed by atoms with Crippen molar-refractivity contribution >= 4 is 15.9 Å². The molecule has 1 aliphatic rings. The molecule has 3 rings (SSSR count). The van der Waals surface area contributed by atoms with E-state index >= 15 is 0 Å². The highest BCUT2D eigenvalue weighted by atomic mass is 79.9. The molecule has 1 saturated heterocycles. The Hall–Kier alpha value is -1.32. The van der Waals surface area contributed by atoms with Crippen molar-refractivity contribution in [3.05, 3.63) is 64.1 Å². The van der Waals surface area contributed by atoms with Crippen LogP contribution >= 0.6 is 15.9 Å². The van der Waals surface area contributed by atoms with Gasteiger partial charge < -0.3 is 10.1 Å². The SMILES string of the molecule is Brc1cc(C2CCCCN2)ccc1OCc1ccccc1. The number of hydrogen-bond donors (Lipinski definition) is 1. The van der Waals surface area contributed by atoms with Gasteiger partial charge in [0.1, 0.15) is 12.4 Å². The molecule has 2 aromatic rings. The fraction of sp³-hybridized carbons (Fsp3) is 0.333. The molecule has 1 unspecified atom stereocenters. The largest absolute Gasteiger partial charge is 0.488 e. The minimum Gasteiger partial charge on any atom is -0.488 e. The normalized spacial score (nSPS) is 18.4. The molecule has 0 aromatic heterocycles. The van der Waals surface area contributed by atoms with Crippen molar-refractivity contribution in [2.24, 2.45) is 0 Å². The Bertz CT molecular complexity index is 579. The van der Waals surface area contributed by atoms with Crippen molar-refractivity contribution in [3.63, 3.8) is 0 Å². The van der Waals surface area contributed by atoms with Crippen LogP contribution in [-0.2, 0) is 6.61 Å². The van der Waals surface area contributed by atoms with Gasteiger partial charge in [-0.05, 0) is 58.6 Å². The highest BCUT2D eigenvalue weighted by molar-refractivity contribution is 9.10. The zero-order chi connectivity index (χ0) is 14.5. The predicted octanol–water partition coefficient (Wildman–Crippen LogP) is 4.84. The van der Waals surface area contributed by atoms with Crippen LogP contribution in [0, 0.1) is 0 Å². The molecule has 1 atom stereocenters. The lowest BCUT2D eigenvalue weighted by molar-refractivity contribution is 0.304. The van der Waals surface area contributed by atoms with Gasteiger partial charge in [0.25, 0.3) is 0 Å². The summed E-state index contributed by atoms with van der Waals surface area (Å²) in [6.45, 7) is 1.72. The minimum atomic E-state index is 0.484. The van der Waals surface area contributed by atoms with Gasteiger partial charge in [0, 0.05) is 6.04 Å². The lowest BCUT2D eigenvalue weighted by Gasteiger charge is -2.24. The molecular formula is C18H20BrNO. The predicted molar refractivity (Wildman–Crippen MR) is 89.5 cm³/mol. The van der Waals surface area contributed by atoms with Crippen LogP contribution in [0.2, 0.25) is 0 Å². The first-order valence-corrected chi connectivity index (χ1v) is 8.32. The fourth-order valence-electron chi connectivity index (χ4n) is 2.72. The summed E-state index contributed by atoms with van der Waals surface area (Å²) in [6.07, 6.45) is 3.81. The highest BCUT2D eigenvalue weighted by Gasteiger charge is 2.15. The molecule has 0 bridgehead atoms.